The van der Waals surface area contributed by atoms with Gasteiger partial charge in [0.2, 0.25) is 0 Å². The van der Waals surface area contributed by atoms with E-state index in [1.54, 1.807) is 24.5 Å². The number of thiol groups is 1. The smallest absolute Gasteiger partial charge is 0.177 e. The van der Waals surface area contributed by atoms with Crippen LogP contribution >= 0.6 is 25.1 Å². The summed E-state index contributed by atoms with van der Waals surface area (Å²) in [6.07, 6.45) is 10.9. The largest absolute Gasteiger partial charge is 0.385 e. The highest BCUT2D eigenvalue weighted by atomic mass is 32.2. The number of halogens is 1. The summed E-state index contributed by atoms with van der Waals surface area (Å²) >= 11 is 4.31. The van der Waals surface area contributed by atoms with Crippen LogP contribution in [0.25, 0.3) is 0 Å². The number of ether oxygens (including phenoxy) is 1. The van der Waals surface area contributed by atoms with E-state index in [4.69, 9.17) is 9.73 Å². The van der Waals surface area contributed by atoms with E-state index in [-0.39, 0.29) is 23.7 Å². The molecule has 1 N–H and O–H groups in total. The summed E-state index contributed by atoms with van der Waals surface area (Å²) in [5.41, 5.74) is 5.32. The molecule has 2 heterocycles. The topological polar surface area (TPSA) is 88.6 Å². The Labute approximate surface area is 261 Å². The Balaban J connectivity index is 0.00000301. The highest BCUT2D eigenvalue weighted by Gasteiger charge is 2.48. The van der Waals surface area contributed by atoms with Crippen molar-refractivity contribution in [2.45, 2.75) is 85.2 Å². The summed E-state index contributed by atoms with van der Waals surface area (Å²) in [6, 6.07) is 10.5. The second kappa shape index (κ2) is 17.3. The molecule has 1 aromatic rings. The van der Waals surface area contributed by atoms with Crippen LogP contribution in [0.5, 0.6) is 0 Å². The van der Waals surface area contributed by atoms with Crippen LogP contribution in [-0.2, 0) is 4.74 Å². The van der Waals surface area contributed by atoms with Gasteiger partial charge in [-0.05, 0) is 75.6 Å². The molecule has 2 aliphatic rings. The molecule has 0 saturated carbocycles. The number of nitrogens with zero attached hydrogens (tertiary/aromatic N) is 6. The van der Waals surface area contributed by atoms with Crippen LogP contribution in [0, 0.1) is 29.6 Å². The predicted molar refractivity (Wildman–Crippen MR) is 179 cm³/mol. The Morgan fingerprint density at radius 2 is 2.12 bits per heavy atom. The van der Waals surface area contributed by atoms with E-state index in [0.29, 0.717) is 24.4 Å². The highest BCUT2D eigenvalue weighted by molar-refractivity contribution is 8.02. The third kappa shape index (κ3) is 9.09. The van der Waals surface area contributed by atoms with Crippen molar-refractivity contribution in [3.63, 3.8) is 0 Å². The second-order valence-electron chi connectivity index (χ2n) is 10.5. The molecule has 0 radical (unpaired) electrons. The molecule has 8 nitrogen and oxygen atoms in total. The molecule has 1 aromatic carbocycles. The number of hydrogen-bond donors (Lipinski definition) is 2. The van der Waals surface area contributed by atoms with Gasteiger partial charge in [-0.15, -0.1) is 3.89 Å². The normalized spacial score (nSPS) is 20.5. The quantitative estimate of drug-likeness (QED) is 0.0637. The summed E-state index contributed by atoms with van der Waals surface area (Å²) in [4.78, 5) is 5.09. The summed E-state index contributed by atoms with van der Waals surface area (Å²) in [5, 5.41) is 20.7. The van der Waals surface area contributed by atoms with Gasteiger partial charge in [-0.25, -0.2) is 8.72 Å². The van der Waals surface area contributed by atoms with Crippen molar-refractivity contribution >= 4 is 49.0 Å². The Kier molecular flexibility index (Phi) is 14.6. The van der Waals surface area contributed by atoms with E-state index in [9.17, 15) is 9.15 Å². The first-order chi connectivity index (χ1) is 20.2. The zero-order valence-electron chi connectivity index (χ0n) is 25.8. The number of aryl methyl sites for hydroxylation is 1. The number of allylic oxidation sites excluding steroid dienone is 1. The van der Waals surface area contributed by atoms with Gasteiger partial charge in [0, 0.05) is 31.7 Å². The molecule has 0 spiro atoms. The van der Waals surface area contributed by atoms with Crippen LogP contribution in [0.3, 0.4) is 0 Å². The minimum absolute atomic E-state index is 0.00223. The Morgan fingerprint density at radius 1 is 1.38 bits per heavy atom. The average Bonchev–Trinajstić information content (AvgIpc) is 3.34. The molecule has 0 aromatic heterocycles. The molecular formula is C31H46FN7OS2. The van der Waals surface area contributed by atoms with Crippen molar-refractivity contribution in [3.8, 4) is 6.07 Å². The molecule has 0 amide bonds. The number of fused-ring (bicyclic) bond motifs is 1. The van der Waals surface area contributed by atoms with Gasteiger partial charge in [0.15, 0.2) is 23.8 Å². The van der Waals surface area contributed by atoms with Crippen LogP contribution in [0.4, 0.5) is 9.57 Å². The number of rotatable bonds is 16. The van der Waals surface area contributed by atoms with Gasteiger partial charge in [-0.2, -0.15) is 15.5 Å². The fourth-order valence-electron chi connectivity index (χ4n) is 5.38. The van der Waals surface area contributed by atoms with Crippen molar-refractivity contribution in [2.24, 2.45) is 26.5 Å². The number of aliphatic imine (C=N–C) groups is 1. The van der Waals surface area contributed by atoms with Gasteiger partial charge in [0.1, 0.15) is 0 Å². The van der Waals surface area contributed by atoms with Crippen LogP contribution in [0.1, 0.15) is 78.2 Å². The first-order valence-corrected chi connectivity index (χ1v) is 15.7. The van der Waals surface area contributed by atoms with E-state index < -0.39 is 5.66 Å². The Hall–Kier alpha value is -2.81. The Morgan fingerprint density at radius 3 is 2.76 bits per heavy atom. The summed E-state index contributed by atoms with van der Waals surface area (Å²) in [6.45, 7) is 15.0. The number of anilines is 1. The standard InChI is InChI=1S/C29H40FN7OS2.C2H6/c1-6-13-29(21-31,15-9-16-38-5)14-8-12-24-18-27(37(39)40-30)36-28(4,34-24)26(20-33-36)23(3)19-32-35-25-11-7-10-22(2)17-25;1-2/h7,10-11,17-20,26,35,39H,3,6,8-9,12-16H2,1-2,4-5H3;1-2H3/b32-19-;. The van der Waals surface area contributed by atoms with Crippen LogP contribution in [0.2, 0.25) is 0 Å². The lowest BCUT2D eigenvalue weighted by Gasteiger charge is -2.40. The number of nitrogens with one attached hydrogen (secondary N) is 1. The van der Waals surface area contributed by atoms with Crippen molar-refractivity contribution in [2.75, 3.05) is 19.1 Å². The van der Waals surface area contributed by atoms with Crippen molar-refractivity contribution in [3.05, 3.63) is 53.9 Å². The molecule has 230 valence electrons. The van der Waals surface area contributed by atoms with Gasteiger partial charge < -0.3 is 4.74 Å². The molecule has 11 heteroatoms. The number of methoxy groups -OCH3 is 1. The van der Waals surface area contributed by atoms with Gasteiger partial charge in [0.05, 0.1) is 29.3 Å². The molecule has 3 unspecified atom stereocenters. The van der Waals surface area contributed by atoms with Gasteiger partial charge in [-0.3, -0.25) is 10.4 Å². The van der Waals surface area contributed by atoms with E-state index in [2.05, 4.69) is 48.0 Å². The first kappa shape index (κ1) is 35.4. The van der Waals surface area contributed by atoms with Crippen molar-refractivity contribution in [1.29, 1.82) is 5.26 Å². The zero-order valence-corrected chi connectivity index (χ0v) is 27.5. The molecule has 2 aliphatic heterocycles. The molecule has 3 rings (SSSR count). The number of nitriles is 1. The monoisotopic (exact) mass is 615 g/mol. The predicted octanol–water partition coefficient (Wildman–Crippen LogP) is 8.49. The maximum absolute atomic E-state index is 13.7. The molecule has 0 fully saturated rings. The minimum atomic E-state index is -0.864. The lowest BCUT2D eigenvalue weighted by molar-refractivity contribution is 0.145. The van der Waals surface area contributed by atoms with Crippen molar-refractivity contribution < 1.29 is 8.62 Å². The maximum Gasteiger partial charge on any atom is 0.177 e. The number of benzene rings is 1. The molecular weight excluding hydrogens is 570 g/mol. The average molecular weight is 616 g/mol. The van der Waals surface area contributed by atoms with Gasteiger partial charge >= 0.3 is 0 Å². The van der Waals surface area contributed by atoms with E-state index in [0.717, 1.165) is 59.2 Å². The number of hydrazone groups is 2. The lowest BCUT2D eigenvalue weighted by Crippen LogP contribution is -2.48. The third-order valence-corrected chi connectivity index (χ3v) is 8.10. The van der Waals surface area contributed by atoms with E-state index >= 15 is 0 Å². The minimum Gasteiger partial charge on any atom is -0.385 e. The summed E-state index contributed by atoms with van der Waals surface area (Å²) in [7, 11) is 1.69. The third-order valence-electron chi connectivity index (χ3n) is 7.39. The fourth-order valence-corrected chi connectivity index (χ4v) is 5.72. The first-order valence-electron chi connectivity index (χ1n) is 14.6. The van der Waals surface area contributed by atoms with Gasteiger partial charge in [-0.1, -0.05) is 58.7 Å². The second-order valence-corrected chi connectivity index (χ2v) is 11.7. The van der Waals surface area contributed by atoms with Crippen LogP contribution in [0.15, 0.2) is 63.5 Å². The lowest BCUT2D eigenvalue weighted by atomic mass is 9.76. The summed E-state index contributed by atoms with van der Waals surface area (Å²) < 4.78 is 20.1. The summed E-state index contributed by atoms with van der Waals surface area (Å²) in [5.74, 6) is 0.179. The van der Waals surface area contributed by atoms with E-state index in [1.807, 2.05) is 58.0 Å². The molecule has 0 bridgehead atoms. The zero-order chi connectivity index (χ0) is 31.2. The SMILES string of the molecule is C=C(/C=N\Nc1cccc(C)c1)C1C=NN2C(N(S)SF)=CC(CCCC(C#N)(CCC)CCCOC)=NC12C.CC. The van der Waals surface area contributed by atoms with Crippen LogP contribution < -0.4 is 5.43 Å². The highest BCUT2D eigenvalue weighted by Crippen LogP contribution is 2.43. The fraction of sp³-hybridized carbons (Fsp3) is 0.548. The number of hydrogen-bond acceptors (Lipinski definition) is 10. The van der Waals surface area contributed by atoms with Crippen LogP contribution in [-0.4, -0.2) is 46.2 Å². The van der Waals surface area contributed by atoms with Crippen molar-refractivity contribution in [1.82, 2.24) is 8.72 Å². The molecule has 0 aliphatic carbocycles. The molecule has 3 atom stereocenters. The molecule has 0 saturated heterocycles. The van der Waals surface area contributed by atoms with Gasteiger partial charge in [0.25, 0.3) is 0 Å². The van der Waals surface area contributed by atoms with E-state index in [1.165, 1.54) is 0 Å². The molecule has 42 heavy (non-hydrogen) atoms. The maximum atomic E-state index is 13.7. The Bertz CT molecular complexity index is 1200.